The normalized spacial score (nSPS) is 10.9. The number of carbonyl (C=O) groups is 1. The fourth-order valence-electron chi connectivity index (χ4n) is 1.33. The van der Waals surface area contributed by atoms with Crippen molar-refractivity contribution in [3.05, 3.63) is 12.2 Å². The molecule has 0 aromatic carbocycles. The van der Waals surface area contributed by atoms with Crippen LogP contribution in [0.5, 0.6) is 0 Å². The molecule has 0 aromatic heterocycles. The molecule has 0 aliphatic carbocycles. The van der Waals surface area contributed by atoms with Crippen molar-refractivity contribution in [1.29, 1.82) is 0 Å². The molecule has 0 aliphatic rings. The fraction of sp³-hybridized carbons (Fsp3) is 0.769. The van der Waals surface area contributed by atoms with Crippen LogP contribution in [0.3, 0.4) is 0 Å². The minimum Gasteiger partial charge on any atom is -0.463 e. The predicted octanol–water partition coefficient (Wildman–Crippen LogP) is 2.83. The summed E-state index contributed by atoms with van der Waals surface area (Å²) < 4.78 is 4.90. The summed E-state index contributed by atoms with van der Waals surface area (Å²) in [6, 6.07) is 0. The maximum absolute atomic E-state index is 11.0. The molecule has 1 N–H and O–H groups in total. The van der Waals surface area contributed by atoms with Crippen molar-refractivity contribution in [2.45, 2.75) is 51.9 Å². The van der Waals surface area contributed by atoms with Crippen molar-refractivity contribution in [2.75, 3.05) is 13.2 Å². The number of aliphatic hydroxyl groups is 1. The van der Waals surface area contributed by atoms with Crippen LogP contribution in [0.1, 0.15) is 51.9 Å². The van der Waals surface area contributed by atoms with E-state index < -0.39 is 0 Å². The van der Waals surface area contributed by atoms with Gasteiger partial charge in [0.15, 0.2) is 0 Å². The van der Waals surface area contributed by atoms with Crippen LogP contribution in [0.25, 0.3) is 0 Å². The highest BCUT2D eigenvalue weighted by molar-refractivity contribution is 5.81. The van der Waals surface area contributed by atoms with Gasteiger partial charge in [-0.15, -0.1) is 0 Å². The second-order valence-electron chi connectivity index (χ2n) is 3.85. The zero-order chi connectivity index (χ0) is 12.1. The van der Waals surface area contributed by atoms with Crippen LogP contribution in [-0.4, -0.2) is 24.3 Å². The van der Waals surface area contributed by atoms with E-state index in [1.54, 1.807) is 0 Å². The molecule has 0 unspecified atom stereocenters. The Morgan fingerprint density at radius 3 is 2.56 bits per heavy atom. The summed E-state index contributed by atoms with van der Waals surface area (Å²) in [5.41, 5.74) is 0. The number of rotatable bonds is 10. The number of ether oxygens (including phenoxy) is 1. The predicted molar refractivity (Wildman–Crippen MR) is 65.2 cm³/mol. The molecule has 3 nitrogen and oxygen atoms in total. The summed E-state index contributed by atoms with van der Waals surface area (Å²) in [5, 5.41) is 8.58. The van der Waals surface area contributed by atoms with Gasteiger partial charge in [0.2, 0.25) is 0 Å². The Kier molecular flexibility index (Phi) is 11.6. The third-order valence-corrected chi connectivity index (χ3v) is 2.23. The van der Waals surface area contributed by atoms with Crippen molar-refractivity contribution in [2.24, 2.45) is 0 Å². The zero-order valence-electron chi connectivity index (χ0n) is 10.3. The minimum absolute atomic E-state index is 0.234. The number of hydrogen-bond acceptors (Lipinski definition) is 3. The highest BCUT2D eigenvalue weighted by Crippen LogP contribution is 2.05. The second kappa shape index (κ2) is 12.2. The van der Waals surface area contributed by atoms with E-state index in [0.717, 1.165) is 44.9 Å². The first kappa shape index (κ1) is 15.2. The molecule has 0 bridgehead atoms. The number of hydrogen-bond donors (Lipinski definition) is 1. The van der Waals surface area contributed by atoms with Gasteiger partial charge in [0.1, 0.15) is 0 Å². The Balaban J connectivity index is 3.23. The molecule has 16 heavy (non-hydrogen) atoms. The lowest BCUT2D eigenvalue weighted by molar-refractivity contribution is -0.137. The van der Waals surface area contributed by atoms with E-state index in [2.05, 4.69) is 0 Å². The Morgan fingerprint density at radius 1 is 1.19 bits per heavy atom. The highest BCUT2D eigenvalue weighted by atomic mass is 16.5. The topological polar surface area (TPSA) is 46.5 Å². The fourth-order valence-corrected chi connectivity index (χ4v) is 1.33. The molecule has 0 radical (unpaired) electrons. The molecule has 0 spiro atoms. The number of aliphatic hydroxyl groups excluding tert-OH is 1. The summed E-state index contributed by atoms with van der Waals surface area (Å²) in [7, 11) is 0. The van der Waals surface area contributed by atoms with E-state index in [1.165, 1.54) is 6.08 Å². The molecule has 3 heteroatoms. The van der Waals surface area contributed by atoms with Crippen molar-refractivity contribution in [3.63, 3.8) is 0 Å². The molecule has 0 amide bonds. The maximum Gasteiger partial charge on any atom is 0.330 e. The summed E-state index contributed by atoms with van der Waals surface area (Å²) in [6.45, 7) is 2.77. The van der Waals surface area contributed by atoms with Gasteiger partial charge in [0.25, 0.3) is 0 Å². The SMILES string of the molecule is CCCOC(=O)/C=C/CCCCCCCO. The molecule has 94 valence electrons. The molecule has 0 heterocycles. The van der Waals surface area contributed by atoms with Gasteiger partial charge in [-0.25, -0.2) is 4.79 Å². The molecule has 0 fully saturated rings. The van der Waals surface area contributed by atoms with Crippen molar-refractivity contribution < 1.29 is 14.6 Å². The molecular weight excluding hydrogens is 204 g/mol. The van der Waals surface area contributed by atoms with Crippen molar-refractivity contribution >= 4 is 5.97 Å². The molecule has 0 aliphatic heterocycles. The number of unbranched alkanes of at least 4 members (excludes halogenated alkanes) is 5. The van der Waals surface area contributed by atoms with Gasteiger partial charge in [-0.2, -0.15) is 0 Å². The van der Waals surface area contributed by atoms with E-state index in [0.29, 0.717) is 13.2 Å². The van der Waals surface area contributed by atoms with Crippen molar-refractivity contribution in [1.82, 2.24) is 0 Å². The molecule has 0 saturated heterocycles. The van der Waals surface area contributed by atoms with E-state index >= 15 is 0 Å². The van der Waals surface area contributed by atoms with E-state index in [9.17, 15) is 4.79 Å². The van der Waals surface area contributed by atoms with Gasteiger partial charge >= 0.3 is 5.97 Å². The Morgan fingerprint density at radius 2 is 1.88 bits per heavy atom. The summed E-state index contributed by atoms with van der Waals surface area (Å²) in [5.74, 6) is -0.234. The third-order valence-electron chi connectivity index (χ3n) is 2.23. The van der Waals surface area contributed by atoms with Gasteiger partial charge in [-0.05, 0) is 25.7 Å². The lowest BCUT2D eigenvalue weighted by Crippen LogP contribution is -2.00. The monoisotopic (exact) mass is 228 g/mol. The minimum atomic E-state index is -0.234. The van der Waals surface area contributed by atoms with E-state index in [4.69, 9.17) is 9.84 Å². The Hall–Kier alpha value is -0.830. The van der Waals surface area contributed by atoms with E-state index in [-0.39, 0.29) is 5.97 Å². The number of allylic oxidation sites excluding steroid dienone is 1. The smallest absolute Gasteiger partial charge is 0.330 e. The van der Waals surface area contributed by atoms with Crippen LogP contribution in [0.15, 0.2) is 12.2 Å². The Labute approximate surface area is 98.5 Å². The largest absolute Gasteiger partial charge is 0.463 e. The quantitative estimate of drug-likeness (QED) is 0.355. The molecular formula is C13H24O3. The van der Waals surface area contributed by atoms with Crippen LogP contribution >= 0.6 is 0 Å². The van der Waals surface area contributed by atoms with Crippen LogP contribution in [0.4, 0.5) is 0 Å². The van der Waals surface area contributed by atoms with Gasteiger partial charge < -0.3 is 9.84 Å². The van der Waals surface area contributed by atoms with Crippen LogP contribution in [0, 0.1) is 0 Å². The first-order chi connectivity index (χ1) is 7.81. The third kappa shape index (κ3) is 11.2. The Bertz CT molecular complexity index is 188. The highest BCUT2D eigenvalue weighted by Gasteiger charge is 1.94. The lowest BCUT2D eigenvalue weighted by atomic mass is 10.1. The summed E-state index contributed by atoms with van der Waals surface area (Å²) in [6.07, 6.45) is 10.6. The average molecular weight is 228 g/mol. The first-order valence-corrected chi connectivity index (χ1v) is 6.25. The molecule has 0 atom stereocenters. The number of carbonyl (C=O) groups excluding carboxylic acids is 1. The van der Waals surface area contributed by atoms with Crippen LogP contribution in [0.2, 0.25) is 0 Å². The van der Waals surface area contributed by atoms with Crippen LogP contribution < -0.4 is 0 Å². The first-order valence-electron chi connectivity index (χ1n) is 6.25. The lowest BCUT2D eigenvalue weighted by Gasteiger charge is -1.98. The van der Waals surface area contributed by atoms with Crippen molar-refractivity contribution in [3.8, 4) is 0 Å². The maximum atomic E-state index is 11.0. The zero-order valence-corrected chi connectivity index (χ0v) is 10.3. The summed E-state index contributed by atoms with van der Waals surface area (Å²) >= 11 is 0. The summed E-state index contributed by atoms with van der Waals surface area (Å²) in [4.78, 5) is 11.0. The van der Waals surface area contributed by atoms with Crippen LogP contribution in [-0.2, 0) is 9.53 Å². The standard InChI is InChI=1S/C13H24O3/c1-2-12-16-13(15)10-8-6-4-3-5-7-9-11-14/h8,10,14H,2-7,9,11-12H2,1H3/b10-8+. The average Bonchev–Trinajstić information content (AvgIpc) is 2.30. The second-order valence-corrected chi connectivity index (χ2v) is 3.85. The van der Waals surface area contributed by atoms with Gasteiger partial charge in [-0.3, -0.25) is 0 Å². The molecule has 0 rings (SSSR count). The van der Waals surface area contributed by atoms with Gasteiger partial charge in [-0.1, -0.05) is 32.3 Å². The number of esters is 1. The molecule has 0 aromatic rings. The van der Waals surface area contributed by atoms with Gasteiger partial charge in [0, 0.05) is 12.7 Å². The molecule has 0 saturated carbocycles. The van der Waals surface area contributed by atoms with E-state index in [1.807, 2.05) is 13.0 Å². The van der Waals surface area contributed by atoms with Gasteiger partial charge in [0.05, 0.1) is 6.61 Å².